The van der Waals surface area contributed by atoms with E-state index in [1.165, 1.54) is 12.1 Å². The van der Waals surface area contributed by atoms with E-state index in [-0.39, 0.29) is 11.7 Å². The Kier molecular flexibility index (Phi) is 5.48. The Hall–Kier alpha value is -4.06. The standard InChI is InChI=1S/C24H19FN4O/c1-16-6-2-3-11-21(16)27-24(30)18-8-5-10-20(15-18)26-23-13-12-22(28-29-23)17-7-4-9-19(25)14-17/h2-15H,1H3,(H,26,29)(H,27,30). The van der Waals surface area contributed by atoms with Crippen LogP contribution in [0.15, 0.2) is 84.9 Å². The number of amides is 1. The van der Waals surface area contributed by atoms with Crippen LogP contribution in [-0.2, 0) is 0 Å². The van der Waals surface area contributed by atoms with Crippen molar-refractivity contribution < 1.29 is 9.18 Å². The Morgan fingerprint density at radius 2 is 1.70 bits per heavy atom. The van der Waals surface area contributed by atoms with Crippen LogP contribution in [0.1, 0.15) is 15.9 Å². The summed E-state index contributed by atoms with van der Waals surface area (Å²) in [6.45, 7) is 1.94. The number of hydrogen-bond acceptors (Lipinski definition) is 4. The van der Waals surface area contributed by atoms with Gasteiger partial charge < -0.3 is 10.6 Å². The van der Waals surface area contributed by atoms with E-state index < -0.39 is 0 Å². The van der Waals surface area contributed by atoms with Gasteiger partial charge in [-0.2, -0.15) is 0 Å². The van der Waals surface area contributed by atoms with Crippen molar-refractivity contribution in [3.63, 3.8) is 0 Å². The van der Waals surface area contributed by atoms with Gasteiger partial charge in [-0.05, 0) is 61.0 Å². The van der Waals surface area contributed by atoms with E-state index >= 15 is 0 Å². The molecular formula is C24H19FN4O. The van der Waals surface area contributed by atoms with Crippen LogP contribution in [-0.4, -0.2) is 16.1 Å². The molecule has 5 nitrogen and oxygen atoms in total. The largest absolute Gasteiger partial charge is 0.339 e. The minimum atomic E-state index is -0.322. The van der Waals surface area contributed by atoms with Gasteiger partial charge >= 0.3 is 0 Å². The first-order chi connectivity index (χ1) is 14.6. The van der Waals surface area contributed by atoms with Crippen LogP contribution in [0.3, 0.4) is 0 Å². The first-order valence-electron chi connectivity index (χ1n) is 9.42. The van der Waals surface area contributed by atoms with Gasteiger partial charge in [-0.1, -0.05) is 36.4 Å². The molecular weight excluding hydrogens is 379 g/mol. The van der Waals surface area contributed by atoms with E-state index in [0.717, 1.165) is 11.3 Å². The minimum absolute atomic E-state index is 0.194. The maximum Gasteiger partial charge on any atom is 0.255 e. The topological polar surface area (TPSA) is 66.9 Å². The van der Waals surface area contributed by atoms with E-state index in [1.807, 2.05) is 37.3 Å². The maximum atomic E-state index is 13.4. The fourth-order valence-corrected chi connectivity index (χ4v) is 2.99. The summed E-state index contributed by atoms with van der Waals surface area (Å²) in [5.74, 6) is 0.00407. The number of carbonyl (C=O) groups excluding carboxylic acids is 1. The second-order valence-corrected chi connectivity index (χ2v) is 6.79. The van der Waals surface area contributed by atoms with Crippen molar-refractivity contribution in [3.8, 4) is 11.3 Å². The van der Waals surface area contributed by atoms with Crippen LogP contribution in [0.4, 0.5) is 21.6 Å². The SMILES string of the molecule is Cc1ccccc1NC(=O)c1cccc(Nc2ccc(-c3cccc(F)c3)nn2)c1. The van der Waals surface area contributed by atoms with Crippen molar-refractivity contribution in [1.82, 2.24) is 10.2 Å². The molecule has 0 fully saturated rings. The summed E-state index contributed by atoms with van der Waals surface area (Å²) >= 11 is 0. The van der Waals surface area contributed by atoms with Crippen molar-refractivity contribution in [3.05, 3.63) is 102 Å². The predicted molar refractivity (Wildman–Crippen MR) is 116 cm³/mol. The van der Waals surface area contributed by atoms with Gasteiger partial charge in [0.2, 0.25) is 0 Å². The number of nitrogens with one attached hydrogen (secondary N) is 2. The maximum absolute atomic E-state index is 13.4. The molecule has 6 heteroatoms. The molecule has 4 aromatic rings. The zero-order valence-electron chi connectivity index (χ0n) is 16.3. The van der Waals surface area contributed by atoms with Gasteiger partial charge in [0.1, 0.15) is 5.82 Å². The van der Waals surface area contributed by atoms with Crippen molar-refractivity contribution in [2.24, 2.45) is 0 Å². The number of halogens is 1. The average molecular weight is 398 g/mol. The van der Waals surface area contributed by atoms with E-state index in [1.54, 1.807) is 42.5 Å². The number of hydrogen-bond donors (Lipinski definition) is 2. The number of rotatable bonds is 5. The van der Waals surface area contributed by atoms with Crippen LogP contribution in [0.25, 0.3) is 11.3 Å². The molecule has 3 aromatic carbocycles. The molecule has 2 N–H and O–H groups in total. The first-order valence-corrected chi connectivity index (χ1v) is 9.42. The van der Waals surface area contributed by atoms with Crippen LogP contribution in [0, 0.1) is 12.7 Å². The predicted octanol–water partition coefficient (Wildman–Crippen LogP) is 5.59. The quantitative estimate of drug-likeness (QED) is 0.460. The Balaban J connectivity index is 1.48. The van der Waals surface area contributed by atoms with Crippen LogP contribution in [0.5, 0.6) is 0 Å². The molecule has 0 atom stereocenters. The van der Waals surface area contributed by atoms with E-state index in [4.69, 9.17) is 0 Å². The Bertz CT molecular complexity index is 1190. The highest BCUT2D eigenvalue weighted by molar-refractivity contribution is 6.05. The zero-order chi connectivity index (χ0) is 20.9. The molecule has 1 aromatic heterocycles. The highest BCUT2D eigenvalue weighted by Gasteiger charge is 2.09. The molecule has 1 heterocycles. The highest BCUT2D eigenvalue weighted by atomic mass is 19.1. The van der Waals surface area contributed by atoms with Crippen molar-refractivity contribution >= 4 is 23.1 Å². The summed E-state index contributed by atoms with van der Waals surface area (Å²) in [5.41, 5.74) is 4.23. The lowest BCUT2D eigenvalue weighted by molar-refractivity contribution is 0.102. The summed E-state index contributed by atoms with van der Waals surface area (Å²) in [6, 6.07) is 24.5. The first kappa shape index (κ1) is 19.3. The smallest absolute Gasteiger partial charge is 0.255 e. The number of para-hydroxylation sites is 1. The lowest BCUT2D eigenvalue weighted by Crippen LogP contribution is -2.12. The molecule has 30 heavy (non-hydrogen) atoms. The molecule has 0 radical (unpaired) electrons. The molecule has 0 aliphatic carbocycles. The molecule has 0 unspecified atom stereocenters. The molecule has 0 bridgehead atoms. The van der Waals surface area contributed by atoms with E-state index in [9.17, 15) is 9.18 Å². The summed E-state index contributed by atoms with van der Waals surface area (Å²) in [4.78, 5) is 12.6. The molecule has 0 saturated heterocycles. The third kappa shape index (κ3) is 4.50. The number of aryl methyl sites for hydroxylation is 1. The average Bonchev–Trinajstić information content (AvgIpc) is 2.76. The van der Waals surface area contributed by atoms with Crippen LogP contribution < -0.4 is 10.6 Å². The summed E-state index contributed by atoms with van der Waals surface area (Å²) in [7, 11) is 0. The van der Waals surface area contributed by atoms with E-state index in [0.29, 0.717) is 28.3 Å². The fraction of sp³-hybridized carbons (Fsp3) is 0.0417. The Labute approximate surface area is 173 Å². The lowest BCUT2D eigenvalue weighted by Gasteiger charge is -2.10. The van der Waals surface area contributed by atoms with Gasteiger partial charge in [0, 0.05) is 22.5 Å². The monoisotopic (exact) mass is 398 g/mol. The molecule has 0 aliphatic rings. The molecule has 0 saturated carbocycles. The van der Waals surface area contributed by atoms with Gasteiger partial charge in [0.05, 0.1) is 5.69 Å². The molecule has 148 valence electrons. The Morgan fingerprint density at radius 1 is 0.867 bits per heavy atom. The molecule has 0 aliphatic heterocycles. The van der Waals surface area contributed by atoms with Gasteiger partial charge in [0.25, 0.3) is 5.91 Å². The highest BCUT2D eigenvalue weighted by Crippen LogP contribution is 2.21. The zero-order valence-corrected chi connectivity index (χ0v) is 16.3. The molecule has 1 amide bonds. The summed E-state index contributed by atoms with van der Waals surface area (Å²) < 4.78 is 13.4. The van der Waals surface area contributed by atoms with Crippen LogP contribution >= 0.6 is 0 Å². The van der Waals surface area contributed by atoms with Crippen molar-refractivity contribution in [2.45, 2.75) is 6.92 Å². The Morgan fingerprint density at radius 3 is 2.47 bits per heavy atom. The second kappa shape index (κ2) is 8.53. The normalized spacial score (nSPS) is 10.5. The van der Waals surface area contributed by atoms with Crippen LogP contribution in [0.2, 0.25) is 0 Å². The lowest BCUT2D eigenvalue weighted by atomic mass is 10.1. The van der Waals surface area contributed by atoms with Gasteiger partial charge in [-0.15, -0.1) is 10.2 Å². The van der Waals surface area contributed by atoms with Gasteiger partial charge in [-0.3, -0.25) is 4.79 Å². The fourth-order valence-electron chi connectivity index (χ4n) is 2.99. The number of anilines is 3. The van der Waals surface area contributed by atoms with Gasteiger partial charge in [0.15, 0.2) is 5.82 Å². The number of aromatic nitrogens is 2. The number of nitrogens with zero attached hydrogens (tertiary/aromatic N) is 2. The summed E-state index contributed by atoms with van der Waals surface area (Å²) in [5, 5.41) is 14.4. The van der Waals surface area contributed by atoms with Gasteiger partial charge in [-0.25, -0.2) is 4.39 Å². The van der Waals surface area contributed by atoms with Crippen molar-refractivity contribution in [2.75, 3.05) is 10.6 Å². The minimum Gasteiger partial charge on any atom is -0.339 e. The third-order valence-electron chi connectivity index (χ3n) is 4.58. The third-order valence-corrected chi connectivity index (χ3v) is 4.58. The number of benzene rings is 3. The summed E-state index contributed by atoms with van der Waals surface area (Å²) in [6.07, 6.45) is 0. The molecule has 0 spiro atoms. The number of carbonyl (C=O) groups is 1. The second-order valence-electron chi connectivity index (χ2n) is 6.79. The van der Waals surface area contributed by atoms with Crippen molar-refractivity contribution in [1.29, 1.82) is 0 Å². The molecule has 4 rings (SSSR count). The van der Waals surface area contributed by atoms with E-state index in [2.05, 4.69) is 20.8 Å².